The second-order valence-corrected chi connectivity index (χ2v) is 5.81. The molecule has 2 heterocycles. The number of rotatable bonds is 1. The molecule has 1 aromatic rings. The van der Waals surface area contributed by atoms with E-state index in [9.17, 15) is 4.79 Å². The van der Waals surface area contributed by atoms with E-state index in [4.69, 9.17) is 11.6 Å². The number of fused-ring (bicyclic) bond motifs is 2. The summed E-state index contributed by atoms with van der Waals surface area (Å²) in [5.41, 5.74) is 0.541. The molecule has 2 fully saturated rings. The Morgan fingerprint density at radius 2 is 2.06 bits per heavy atom. The molecule has 1 saturated carbocycles. The molecule has 1 aliphatic heterocycles. The molecule has 3 nitrogen and oxygen atoms in total. The van der Waals surface area contributed by atoms with Gasteiger partial charge in [0, 0.05) is 19.3 Å². The highest BCUT2D eigenvalue weighted by Gasteiger charge is 2.33. The van der Waals surface area contributed by atoms with Crippen molar-refractivity contribution in [1.29, 1.82) is 0 Å². The third-order valence-electron chi connectivity index (χ3n) is 4.13. The van der Waals surface area contributed by atoms with Gasteiger partial charge in [-0.2, -0.15) is 0 Å². The molecule has 2 unspecified atom stereocenters. The van der Waals surface area contributed by atoms with Crippen molar-refractivity contribution >= 4 is 17.5 Å². The average molecular weight is 265 g/mol. The molecule has 18 heavy (non-hydrogen) atoms. The Kier molecular flexibility index (Phi) is 3.25. The van der Waals surface area contributed by atoms with Gasteiger partial charge in [0.25, 0.3) is 5.91 Å². The molecule has 1 aromatic heterocycles. The molecule has 0 N–H and O–H groups in total. The van der Waals surface area contributed by atoms with Gasteiger partial charge in [0.2, 0.25) is 0 Å². The first-order valence-electron chi connectivity index (χ1n) is 6.64. The Labute approximate surface area is 112 Å². The van der Waals surface area contributed by atoms with Crippen molar-refractivity contribution in [3.05, 3.63) is 29.0 Å². The van der Waals surface area contributed by atoms with E-state index < -0.39 is 0 Å². The summed E-state index contributed by atoms with van der Waals surface area (Å²) in [4.78, 5) is 18.4. The maximum atomic E-state index is 12.5. The van der Waals surface area contributed by atoms with Crippen LogP contribution in [0.3, 0.4) is 0 Å². The third-order valence-corrected chi connectivity index (χ3v) is 4.43. The van der Waals surface area contributed by atoms with E-state index in [0.717, 1.165) is 13.1 Å². The number of pyridine rings is 1. The lowest BCUT2D eigenvalue weighted by atomic mass is 9.78. The number of carbonyl (C=O) groups is 1. The Morgan fingerprint density at radius 3 is 2.72 bits per heavy atom. The number of piperidine rings is 1. The molecule has 0 spiro atoms. The van der Waals surface area contributed by atoms with Crippen molar-refractivity contribution in [1.82, 2.24) is 9.88 Å². The quantitative estimate of drug-likeness (QED) is 0.731. The van der Waals surface area contributed by atoms with Crippen LogP contribution in [0.25, 0.3) is 0 Å². The number of likely N-dealkylation sites (tertiary alicyclic amines) is 1. The monoisotopic (exact) mass is 264 g/mol. The number of nitrogens with zero attached hydrogens (tertiary/aromatic N) is 2. The lowest BCUT2D eigenvalue weighted by Gasteiger charge is -2.41. The molecule has 96 valence electrons. The normalized spacial score (nSPS) is 27.1. The molecule has 0 aromatic carbocycles. The summed E-state index contributed by atoms with van der Waals surface area (Å²) in [6.45, 7) is 1.78. The van der Waals surface area contributed by atoms with Crippen LogP contribution in [0.4, 0.5) is 0 Å². The van der Waals surface area contributed by atoms with E-state index in [-0.39, 0.29) is 5.91 Å². The molecule has 3 rings (SSSR count). The van der Waals surface area contributed by atoms with Gasteiger partial charge in [-0.3, -0.25) is 4.79 Å². The molecular formula is C14H17ClN2O. The standard InChI is InChI=1S/C14H17ClN2O/c15-13-12(5-2-6-16-13)14(18)17-8-10-3-1-4-11(7-10)9-17/h2,5-6,10-11H,1,3-4,7-9H2. The zero-order chi connectivity index (χ0) is 12.5. The summed E-state index contributed by atoms with van der Waals surface area (Å²) < 4.78 is 0. The predicted molar refractivity (Wildman–Crippen MR) is 70.6 cm³/mol. The van der Waals surface area contributed by atoms with Crippen molar-refractivity contribution < 1.29 is 4.79 Å². The molecule has 2 bridgehead atoms. The van der Waals surface area contributed by atoms with Gasteiger partial charge in [0.15, 0.2) is 0 Å². The van der Waals surface area contributed by atoms with E-state index in [1.165, 1.54) is 25.7 Å². The lowest BCUT2D eigenvalue weighted by Crippen LogP contribution is -2.45. The molecular weight excluding hydrogens is 248 g/mol. The minimum Gasteiger partial charge on any atom is -0.338 e. The second-order valence-electron chi connectivity index (χ2n) is 5.45. The van der Waals surface area contributed by atoms with Gasteiger partial charge in [-0.15, -0.1) is 0 Å². The minimum absolute atomic E-state index is 0.0460. The van der Waals surface area contributed by atoms with Crippen molar-refractivity contribution in [2.75, 3.05) is 13.1 Å². The second kappa shape index (κ2) is 4.88. The number of hydrogen-bond acceptors (Lipinski definition) is 2. The first kappa shape index (κ1) is 12.0. The summed E-state index contributed by atoms with van der Waals surface area (Å²) in [7, 11) is 0. The van der Waals surface area contributed by atoms with Crippen molar-refractivity contribution in [3.63, 3.8) is 0 Å². The highest BCUT2D eigenvalue weighted by Crippen LogP contribution is 2.35. The fourth-order valence-electron chi connectivity index (χ4n) is 3.31. The number of hydrogen-bond donors (Lipinski definition) is 0. The van der Waals surface area contributed by atoms with E-state index in [0.29, 0.717) is 22.6 Å². The summed E-state index contributed by atoms with van der Waals surface area (Å²) in [6.07, 6.45) is 6.77. The average Bonchev–Trinajstić information content (AvgIpc) is 2.38. The van der Waals surface area contributed by atoms with Gasteiger partial charge in [0.1, 0.15) is 5.15 Å². The predicted octanol–water partition coefficient (Wildman–Crippen LogP) is 3.00. The molecule has 1 amide bonds. The van der Waals surface area contributed by atoms with Crippen LogP contribution in [-0.2, 0) is 0 Å². The first-order chi connectivity index (χ1) is 8.74. The molecule has 4 heteroatoms. The zero-order valence-electron chi connectivity index (χ0n) is 10.3. The Balaban J connectivity index is 1.79. The van der Waals surface area contributed by atoms with Crippen LogP contribution in [0.5, 0.6) is 0 Å². The van der Waals surface area contributed by atoms with Gasteiger partial charge in [0.05, 0.1) is 5.56 Å². The zero-order valence-corrected chi connectivity index (χ0v) is 11.1. The minimum atomic E-state index is 0.0460. The van der Waals surface area contributed by atoms with E-state index in [2.05, 4.69) is 4.98 Å². The fourth-order valence-corrected chi connectivity index (χ4v) is 3.51. The summed E-state index contributed by atoms with van der Waals surface area (Å²) in [6, 6.07) is 3.53. The Morgan fingerprint density at radius 1 is 1.33 bits per heavy atom. The van der Waals surface area contributed by atoms with Crippen molar-refractivity contribution in [2.24, 2.45) is 11.8 Å². The lowest BCUT2D eigenvalue weighted by molar-refractivity contribution is 0.0504. The van der Waals surface area contributed by atoms with Gasteiger partial charge in [-0.25, -0.2) is 4.98 Å². The molecule has 1 aliphatic carbocycles. The Bertz CT molecular complexity index is 451. The van der Waals surface area contributed by atoms with Gasteiger partial charge in [-0.05, 0) is 43.2 Å². The van der Waals surface area contributed by atoms with Crippen molar-refractivity contribution in [3.8, 4) is 0 Å². The fraction of sp³-hybridized carbons (Fsp3) is 0.571. The van der Waals surface area contributed by atoms with E-state index in [1.807, 2.05) is 4.90 Å². The van der Waals surface area contributed by atoms with Gasteiger partial charge < -0.3 is 4.90 Å². The SMILES string of the molecule is O=C(c1cccnc1Cl)N1CC2CCCC(C2)C1. The summed E-state index contributed by atoms with van der Waals surface area (Å²) in [5, 5.41) is 0.318. The van der Waals surface area contributed by atoms with Crippen LogP contribution in [0.1, 0.15) is 36.0 Å². The number of aromatic nitrogens is 1. The maximum Gasteiger partial charge on any atom is 0.257 e. The largest absolute Gasteiger partial charge is 0.338 e. The van der Waals surface area contributed by atoms with Crippen LogP contribution in [-0.4, -0.2) is 28.9 Å². The van der Waals surface area contributed by atoms with Crippen LogP contribution < -0.4 is 0 Å². The molecule has 2 atom stereocenters. The van der Waals surface area contributed by atoms with Gasteiger partial charge in [-0.1, -0.05) is 18.0 Å². The highest BCUT2D eigenvalue weighted by atomic mass is 35.5. The number of amides is 1. The van der Waals surface area contributed by atoms with E-state index >= 15 is 0 Å². The van der Waals surface area contributed by atoms with Crippen LogP contribution in [0, 0.1) is 11.8 Å². The smallest absolute Gasteiger partial charge is 0.257 e. The summed E-state index contributed by atoms with van der Waals surface area (Å²) in [5.74, 6) is 1.43. The topological polar surface area (TPSA) is 33.2 Å². The first-order valence-corrected chi connectivity index (χ1v) is 7.01. The number of halogens is 1. The van der Waals surface area contributed by atoms with Crippen LogP contribution in [0.15, 0.2) is 18.3 Å². The van der Waals surface area contributed by atoms with Crippen LogP contribution >= 0.6 is 11.6 Å². The maximum absolute atomic E-state index is 12.5. The Hall–Kier alpha value is -1.09. The highest BCUT2D eigenvalue weighted by molar-refractivity contribution is 6.32. The van der Waals surface area contributed by atoms with E-state index in [1.54, 1.807) is 18.3 Å². The number of carbonyl (C=O) groups excluding carboxylic acids is 1. The molecule has 2 aliphatic rings. The van der Waals surface area contributed by atoms with Crippen LogP contribution in [0.2, 0.25) is 5.15 Å². The molecule has 1 saturated heterocycles. The molecule has 0 radical (unpaired) electrons. The van der Waals surface area contributed by atoms with Gasteiger partial charge >= 0.3 is 0 Å². The van der Waals surface area contributed by atoms with Crippen molar-refractivity contribution in [2.45, 2.75) is 25.7 Å². The summed E-state index contributed by atoms with van der Waals surface area (Å²) >= 11 is 6.00. The third kappa shape index (κ3) is 2.24.